The molecule has 1 N–H and O–H groups in total. The predicted octanol–water partition coefficient (Wildman–Crippen LogP) is 0.646. The van der Waals surface area contributed by atoms with Gasteiger partial charge in [-0.3, -0.25) is 0 Å². The number of hydrogen-bond acceptors (Lipinski definition) is 3. The van der Waals surface area contributed by atoms with Crippen LogP contribution in [0.5, 0.6) is 0 Å². The molecule has 0 saturated carbocycles. The maximum Gasteiger partial charge on any atom is 0.0200 e. The summed E-state index contributed by atoms with van der Waals surface area (Å²) in [6.45, 7) is 11.3. The van der Waals surface area contributed by atoms with Crippen LogP contribution in [0, 0.1) is 0 Å². The van der Waals surface area contributed by atoms with Crippen molar-refractivity contribution in [2.75, 3.05) is 53.9 Å². The summed E-state index contributed by atoms with van der Waals surface area (Å²) in [5.74, 6) is 0. The van der Waals surface area contributed by atoms with Crippen molar-refractivity contribution in [1.82, 2.24) is 15.1 Å². The van der Waals surface area contributed by atoms with Crippen molar-refractivity contribution in [1.29, 1.82) is 0 Å². The number of rotatable bonds is 8. The summed E-state index contributed by atoms with van der Waals surface area (Å²) < 4.78 is 0. The monoisotopic (exact) mass is 199 g/mol. The molecule has 14 heavy (non-hydrogen) atoms. The Kier molecular flexibility index (Phi) is 7.76. The first-order chi connectivity index (χ1) is 6.56. The van der Waals surface area contributed by atoms with E-state index < -0.39 is 0 Å². The summed E-state index contributed by atoms with van der Waals surface area (Å²) in [6.07, 6.45) is 0. The van der Waals surface area contributed by atoms with E-state index in [0.29, 0.717) is 0 Å². The Morgan fingerprint density at radius 2 is 1.86 bits per heavy atom. The highest BCUT2D eigenvalue weighted by Crippen LogP contribution is 1.93. The molecule has 0 saturated heterocycles. The average molecular weight is 199 g/mol. The van der Waals surface area contributed by atoms with Crippen molar-refractivity contribution in [3.63, 3.8) is 0 Å². The second kappa shape index (κ2) is 7.97. The molecule has 0 aliphatic heterocycles. The van der Waals surface area contributed by atoms with Crippen LogP contribution >= 0.6 is 0 Å². The molecule has 0 spiro atoms. The van der Waals surface area contributed by atoms with E-state index in [1.807, 2.05) is 0 Å². The van der Waals surface area contributed by atoms with Crippen molar-refractivity contribution >= 4 is 0 Å². The summed E-state index contributed by atoms with van der Waals surface area (Å²) in [7, 11) is 6.34. The number of hydrogen-bond donors (Lipinski definition) is 1. The lowest BCUT2D eigenvalue weighted by atomic mass is 10.3. The molecule has 3 nitrogen and oxygen atoms in total. The standard InChI is InChI=1S/C11H25N3/c1-6-12-9-11(2)10-14(5)8-7-13(3)4/h12H,2,6-10H2,1,3-5H3. The third kappa shape index (κ3) is 8.23. The molecule has 0 aromatic carbocycles. The minimum atomic E-state index is 0.933. The zero-order valence-electron chi connectivity index (χ0n) is 10.1. The van der Waals surface area contributed by atoms with Crippen molar-refractivity contribution in [2.24, 2.45) is 0 Å². The molecular weight excluding hydrogens is 174 g/mol. The van der Waals surface area contributed by atoms with Crippen LogP contribution in [-0.2, 0) is 0 Å². The number of likely N-dealkylation sites (N-methyl/N-ethyl adjacent to an activating group) is 3. The van der Waals surface area contributed by atoms with Gasteiger partial charge in [-0.25, -0.2) is 0 Å². The topological polar surface area (TPSA) is 18.5 Å². The Labute approximate surface area is 88.8 Å². The predicted molar refractivity (Wildman–Crippen MR) is 63.7 cm³/mol. The molecule has 0 fully saturated rings. The largest absolute Gasteiger partial charge is 0.313 e. The normalized spacial score (nSPS) is 11.3. The van der Waals surface area contributed by atoms with E-state index in [4.69, 9.17) is 0 Å². The van der Waals surface area contributed by atoms with Gasteiger partial charge in [-0.1, -0.05) is 13.5 Å². The Bertz CT molecular complexity index is 155. The van der Waals surface area contributed by atoms with E-state index in [9.17, 15) is 0 Å². The van der Waals surface area contributed by atoms with Crippen LogP contribution < -0.4 is 5.32 Å². The maximum atomic E-state index is 4.04. The van der Waals surface area contributed by atoms with Crippen LogP contribution in [0.2, 0.25) is 0 Å². The first-order valence-electron chi connectivity index (χ1n) is 5.27. The van der Waals surface area contributed by atoms with E-state index >= 15 is 0 Å². The highest BCUT2D eigenvalue weighted by Gasteiger charge is 2.01. The van der Waals surface area contributed by atoms with E-state index in [1.165, 1.54) is 5.57 Å². The molecule has 3 heteroatoms. The summed E-state index contributed by atoms with van der Waals surface area (Å²) in [5, 5.41) is 3.28. The van der Waals surface area contributed by atoms with E-state index in [2.05, 4.69) is 49.8 Å². The molecule has 0 amide bonds. The molecule has 0 aliphatic carbocycles. The molecule has 0 aliphatic rings. The lowest BCUT2D eigenvalue weighted by molar-refractivity contribution is 0.296. The maximum absolute atomic E-state index is 4.04. The quantitative estimate of drug-likeness (QED) is 0.579. The molecule has 0 rings (SSSR count). The van der Waals surface area contributed by atoms with Gasteiger partial charge in [0.1, 0.15) is 0 Å². The van der Waals surface area contributed by atoms with Crippen LogP contribution in [-0.4, -0.2) is 63.7 Å². The summed E-state index contributed by atoms with van der Waals surface area (Å²) in [6, 6.07) is 0. The Balaban J connectivity index is 3.50. The molecule has 0 aromatic heterocycles. The second-order valence-electron chi connectivity index (χ2n) is 4.07. The summed E-state index contributed by atoms with van der Waals surface area (Å²) >= 11 is 0. The lowest BCUT2D eigenvalue weighted by Gasteiger charge is -2.20. The van der Waals surface area contributed by atoms with Gasteiger partial charge in [-0.2, -0.15) is 0 Å². The molecule has 0 radical (unpaired) electrons. The number of nitrogens with one attached hydrogen (secondary N) is 1. The first-order valence-corrected chi connectivity index (χ1v) is 5.27. The average Bonchev–Trinajstić information content (AvgIpc) is 2.11. The highest BCUT2D eigenvalue weighted by atomic mass is 15.1. The third-order valence-corrected chi connectivity index (χ3v) is 2.05. The van der Waals surface area contributed by atoms with Crippen LogP contribution in [0.25, 0.3) is 0 Å². The second-order valence-corrected chi connectivity index (χ2v) is 4.07. The van der Waals surface area contributed by atoms with Gasteiger partial charge in [0.2, 0.25) is 0 Å². The fraction of sp³-hybridized carbons (Fsp3) is 0.818. The van der Waals surface area contributed by atoms with Crippen LogP contribution in [0.15, 0.2) is 12.2 Å². The van der Waals surface area contributed by atoms with Gasteiger partial charge in [0.05, 0.1) is 0 Å². The minimum Gasteiger partial charge on any atom is -0.313 e. The Morgan fingerprint density at radius 1 is 1.21 bits per heavy atom. The summed E-state index contributed by atoms with van der Waals surface area (Å²) in [5.41, 5.74) is 1.26. The summed E-state index contributed by atoms with van der Waals surface area (Å²) in [4.78, 5) is 4.50. The Morgan fingerprint density at radius 3 is 2.36 bits per heavy atom. The first kappa shape index (κ1) is 13.6. The van der Waals surface area contributed by atoms with E-state index in [0.717, 1.165) is 32.7 Å². The van der Waals surface area contributed by atoms with E-state index in [1.54, 1.807) is 0 Å². The zero-order valence-corrected chi connectivity index (χ0v) is 10.1. The number of nitrogens with zero attached hydrogens (tertiary/aromatic N) is 2. The van der Waals surface area contributed by atoms with Gasteiger partial charge in [-0.15, -0.1) is 0 Å². The van der Waals surface area contributed by atoms with Gasteiger partial charge < -0.3 is 15.1 Å². The molecule has 0 heterocycles. The molecular formula is C11H25N3. The molecule has 0 aromatic rings. The van der Waals surface area contributed by atoms with Crippen molar-refractivity contribution in [2.45, 2.75) is 6.92 Å². The zero-order chi connectivity index (χ0) is 11.0. The highest BCUT2D eigenvalue weighted by molar-refractivity contribution is 4.99. The van der Waals surface area contributed by atoms with Crippen LogP contribution in [0.3, 0.4) is 0 Å². The smallest absolute Gasteiger partial charge is 0.0200 e. The van der Waals surface area contributed by atoms with Crippen LogP contribution in [0.1, 0.15) is 6.92 Å². The van der Waals surface area contributed by atoms with Gasteiger partial charge in [-0.05, 0) is 33.3 Å². The molecule has 0 atom stereocenters. The molecule has 0 bridgehead atoms. The fourth-order valence-electron chi connectivity index (χ4n) is 1.19. The van der Waals surface area contributed by atoms with E-state index in [-0.39, 0.29) is 0 Å². The van der Waals surface area contributed by atoms with Gasteiger partial charge in [0.25, 0.3) is 0 Å². The minimum absolute atomic E-state index is 0.933. The fourth-order valence-corrected chi connectivity index (χ4v) is 1.19. The van der Waals surface area contributed by atoms with Gasteiger partial charge in [0.15, 0.2) is 0 Å². The molecule has 0 unspecified atom stereocenters. The van der Waals surface area contributed by atoms with Gasteiger partial charge >= 0.3 is 0 Å². The van der Waals surface area contributed by atoms with Crippen molar-refractivity contribution < 1.29 is 0 Å². The molecule has 84 valence electrons. The van der Waals surface area contributed by atoms with Gasteiger partial charge in [0, 0.05) is 26.2 Å². The van der Waals surface area contributed by atoms with Crippen LogP contribution in [0.4, 0.5) is 0 Å². The van der Waals surface area contributed by atoms with Crippen molar-refractivity contribution in [3.05, 3.63) is 12.2 Å². The SMILES string of the molecule is C=C(CNCC)CN(C)CCN(C)C. The Hall–Kier alpha value is -0.380. The lowest BCUT2D eigenvalue weighted by Crippen LogP contribution is -2.31. The van der Waals surface area contributed by atoms with Crippen molar-refractivity contribution in [3.8, 4) is 0 Å². The third-order valence-electron chi connectivity index (χ3n) is 2.05.